The Balaban J connectivity index is 1.47. The van der Waals surface area contributed by atoms with Crippen molar-refractivity contribution >= 4 is 22.2 Å². The van der Waals surface area contributed by atoms with Crippen LogP contribution in [-0.2, 0) is 10.1 Å². The Labute approximate surface area is 221 Å². The van der Waals surface area contributed by atoms with Crippen LogP contribution in [0.25, 0.3) is 16.9 Å². The molecule has 5 rings (SSSR count). The molecule has 0 aliphatic heterocycles. The molecule has 190 valence electrons. The van der Waals surface area contributed by atoms with Gasteiger partial charge in [0.2, 0.25) is 0 Å². The van der Waals surface area contributed by atoms with Crippen molar-refractivity contribution in [2.45, 2.75) is 11.8 Å². The molecule has 0 saturated heterocycles. The highest BCUT2D eigenvalue weighted by Gasteiger charge is 2.19. The van der Waals surface area contributed by atoms with Crippen LogP contribution in [0.15, 0.2) is 125 Å². The molecule has 0 saturated carbocycles. The van der Waals surface area contributed by atoms with Gasteiger partial charge in [-0.1, -0.05) is 66.7 Å². The van der Waals surface area contributed by atoms with Crippen molar-refractivity contribution in [2.24, 2.45) is 4.99 Å². The van der Waals surface area contributed by atoms with Gasteiger partial charge in [0.25, 0.3) is 0 Å². The van der Waals surface area contributed by atoms with Crippen molar-refractivity contribution in [1.29, 1.82) is 0 Å². The van der Waals surface area contributed by atoms with Crippen molar-refractivity contribution in [3.8, 4) is 28.4 Å². The van der Waals surface area contributed by atoms with Gasteiger partial charge in [-0.15, -0.1) is 0 Å². The van der Waals surface area contributed by atoms with Gasteiger partial charge < -0.3 is 8.92 Å². The average molecular weight is 524 g/mol. The van der Waals surface area contributed by atoms with Gasteiger partial charge in [-0.05, 0) is 55.0 Å². The molecule has 1 aromatic heterocycles. The molecule has 8 heteroatoms. The summed E-state index contributed by atoms with van der Waals surface area (Å²) in [5, 5.41) is 4.78. The minimum absolute atomic E-state index is 0.0662. The molecular formula is C30H25N3O4S. The zero-order valence-corrected chi connectivity index (χ0v) is 21.5. The fourth-order valence-corrected chi connectivity index (χ4v) is 4.77. The fourth-order valence-electron chi connectivity index (χ4n) is 3.81. The first-order valence-electron chi connectivity index (χ1n) is 12.0. The van der Waals surface area contributed by atoms with E-state index in [0.717, 1.165) is 16.9 Å². The molecule has 0 aliphatic rings. The lowest BCUT2D eigenvalue weighted by Crippen LogP contribution is -2.10. The summed E-state index contributed by atoms with van der Waals surface area (Å²) in [5.74, 6) is 1.05. The van der Waals surface area contributed by atoms with E-state index in [0.29, 0.717) is 23.7 Å². The second-order valence-electron chi connectivity index (χ2n) is 8.25. The SMILES string of the molecule is CCOc1cc(C=Nc2cc(-c3ccccc3)nn2-c2ccccc2)ccc1OS(=O)(=O)c1ccccc1. The molecule has 0 aliphatic carbocycles. The number of nitrogens with zero attached hydrogens (tertiary/aromatic N) is 3. The maximum absolute atomic E-state index is 12.7. The van der Waals surface area contributed by atoms with Crippen LogP contribution in [0, 0.1) is 0 Å². The van der Waals surface area contributed by atoms with Crippen molar-refractivity contribution in [3.05, 3.63) is 121 Å². The second kappa shape index (κ2) is 11.1. The van der Waals surface area contributed by atoms with Crippen LogP contribution in [0.5, 0.6) is 11.5 Å². The van der Waals surface area contributed by atoms with E-state index in [9.17, 15) is 8.42 Å². The number of hydrogen-bond acceptors (Lipinski definition) is 6. The summed E-state index contributed by atoms with van der Waals surface area (Å²) in [6.45, 7) is 2.16. The number of benzene rings is 4. The summed E-state index contributed by atoms with van der Waals surface area (Å²) in [5.41, 5.74) is 3.37. The first kappa shape index (κ1) is 25.0. The zero-order chi connectivity index (χ0) is 26.4. The van der Waals surface area contributed by atoms with E-state index in [2.05, 4.69) is 0 Å². The van der Waals surface area contributed by atoms with Gasteiger partial charge in [0.15, 0.2) is 17.3 Å². The lowest BCUT2D eigenvalue weighted by molar-refractivity contribution is 0.327. The Bertz CT molecular complexity index is 1650. The maximum atomic E-state index is 12.7. The van der Waals surface area contributed by atoms with Gasteiger partial charge in [0.1, 0.15) is 4.90 Å². The maximum Gasteiger partial charge on any atom is 0.339 e. The molecule has 0 radical (unpaired) electrons. The number of ether oxygens (including phenoxy) is 1. The van der Waals surface area contributed by atoms with Gasteiger partial charge in [0.05, 0.1) is 18.0 Å². The summed E-state index contributed by atoms with van der Waals surface area (Å²) >= 11 is 0. The third-order valence-corrected chi connectivity index (χ3v) is 6.85. The minimum Gasteiger partial charge on any atom is -0.490 e. The van der Waals surface area contributed by atoms with Crippen molar-refractivity contribution in [1.82, 2.24) is 9.78 Å². The minimum atomic E-state index is -4.01. The molecule has 0 bridgehead atoms. The van der Waals surface area contributed by atoms with Crippen LogP contribution in [-0.4, -0.2) is 31.0 Å². The highest BCUT2D eigenvalue weighted by molar-refractivity contribution is 7.87. The first-order valence-corrected chi connectivity index (χ1v) is 13.5. The number of aromatic nitrogens is 2. The monoisotopic (exact) mass is 523 g/mol. The number of aliphatic imine (C=N–C) groups is 1. The van der Waals surface area contributed by atoms with Gasteiger partial charge in [-0.25, -0.2) is 9.67 Å². The predicted molar refractivity (Wildman–Crippen MR) is 148 cm³/mol. The van der Waals surface area contributed by atoms with Crippen LogP contribution < -0.4 is 8.92 Å². The molecule has 1 heterocycles. The Kier molecular flexibility index (Phi) is 7.33. The van der Waals surface area contributed by atoms with Crippen LogP contribution in [0.3, 0.4) is 0 Å². The number of rotatable bonds is 9. The topological polar surface area (TPSA) is 82.8 Å². The molecule has 0 unspecified atom stereocenters. The van der Waals surface area contributed by atoms with E-state index >= 15 is 0 Å². The van der Waals surface area contributed by atoms with Crippen LogP contribution in [0.4, 0.5) is 5.82 Å². The Morgan fingerprint density at radius 2 is 1.47 bits per heavy atom. The molecule has 5 aromatic rings. The molecule has 0 atom stereocenters. The van der Waals surface area contributed by atoms with Gasteiger partial charge in [-0.2, -0.15) is 13.5 Å². The van der Waals surface area contributed by atoms with Crippen molar-refractivity contribution in [2.75, 3.05) is 6.61 Å². The molecule has 38 heavy (non-hydrogen) atoms. The largest absolute Gasteiger partial charge is 0.490 e. The molecule has 0 amide bonds. The van der Waals surface area contributed by atoms with Gasteiger partial charge in [0, 0.05) is 17.8 Å². The number of hydrogen-bond donors (Lipinski definition) is 0. The predicted octanol–water partition coefficient (Wildman–Crippen LogP) is 6.46. The van der Waals surface area contributed by atoms with E-state index in [4.69, 9.17) is 19.0 Å². The van der Waals surface area contributed by atoms with E-state index in [1.165, 1.54) is 12.1 Å². The Morgan fingerprint density at radius 1 is 0.816 bits per heavy atom. The summed E-state index contributed by atoms with van der Waals surface area (Å²) in [6.07, 6.45) is 1.68. The lowest BCUT2D eigenvalue weighted by atomic mass is 10.1. The summed E-state index contributed by atoms with van der Waals surface area (Å²) in [7, 11) is -4.01. The Morgan fingerprint density at radius 3 is 2.16 bits per heavy atom. The standard InChI is InChI=1S/C30H25N3O4S/c1-2-36-29-20-23(18-19-28(29)37-38(34,35)26-16-10-5-11-17-26)22-31-30-21-27(24-12-6-3-7-13-24)32-33(30)25-14-8-4-9-15-25/h3-22H,2H2,1H3. The van der Waals surface area contributed by atoms with E-state index in [1.54, 1.807) is 47.3 Å². The van der Waals surface area contributed by atoms with Crippen LogP contribution >= 0.6 is 0 Å². The molecule has 7 nitrogen and oxygen atoms in total. The second-order valence-corrected chi connectivity index (χ2v) is 9.80. The fraction of sp³-hybridized carbons (Fsp3) is 0.0667. The zero-order valence-electron chi connectivity index (χ0n) is 20.6. The smallest absolute Gasteiger partial charge is 0.339 e. The third-order valence-electron chi connectivity index (χ3n) is 5.61. The quantitative estimate of drug-likeness (QED) is 0.164. The number of para-hydroxylation sites is 1. The van der Waals surface area contributed by atoms with Gasteiger partial charge in [-0.3, -0.25) is 0 Å². The van der Waals surface area contributed by atoms with Gasteiger partial charge >= 0.3 is 10.1 Å². The Hall–Kier alpha value is -4.69. The third kappa shape index (κ3) is 5.66. The van der Waals surface area contributed by atoms with E-state index < -0.39 is 10.1 Å². The van der Waals surface area contributed by atoms with Crippen LogP contribution in [0.1, 0.15) is 12.5 Å². The summed E-state index contributed by atoms with van der Waals surface area (Å²) < 4.78 is 38.4. The summed E-state index contributed by atoms with van der Waals surface area (Å²) in [6, 6.07) is 34.6. The molecule has 0 N–H and O–H groups in total. The van der Waals surface area contributed by atoms with Crippen molar-refractivity contribution < 1.29 is 17.3 Å². The highest BCUT2D eigenvalue weighted by Crippen LogP contribution is 2.32. The molecule has 0 spiro atoms. The molecule has 4 aromatic carbocycles. The molecular weight excluding hydrogens is 498 g/mol. The van der Waals surface area contributed by atoms with E-state index in [-0.39, 0.29) is 10.6 Å². The summed E-state index contributed by atoms with van der Waals surface area (Å²) in [4.78, 5) is 4.78. The van der Waals surface area contributed by atoms with Crippen molar-refractivity contribution in [3.63, 3.8) is 0 Å². The lowest BCUT2D eigenvalue weighted by Gasteiger charge is -2.12. The highest BCUT2D eigenvalue weighted by atomic mass is 32.2. The molecule has 0 fully saturated rings. The first-order chi connectivity index (χ1) is 18.5. The van der Waals surface area contributed by atoms with E-state index in [1.807, 2.05) is 73.7 Å². The normalized spacial score (nSPS) is 11.5. The van der Waals surface area contributed by atoms with Crippen LogP contribution in [0.2, 0.25) is 0 Å². The average Bonchev–Trinajstić information content (AvgIpc) is 3.39.